The highest BCUT2D eigenvalue weighted by Crippen LogP contribution is 2.41. The number of hydrogen-bond donors (Lipinski definition) is 1. The number of carbonyl (C=O) groups excluding carboxylic acids is 1. The minimum atomic E-state index is -0.333. The van der Waals surface area contributed by atoms with Crippen LogP contribution in [0.2, 0.25) is 0 Å². The average molecular weight is 269 g/mol. The lowest BCUT2D eigenvalue weighted by Crippen LogP contribution is -2.50. The van der Waals surface area contributed by atoms with Crippen molar-refractivity contribution in [3.63, 3.8) is 0 Å². The molecule has 0 unspecified atom stereocenters. The molecule has 2 nitrogen and oxygen atoms in total. The topological polar surface area (TPSA) is 29.1 Å². The van der Waals surface area contributed by atoms with Crippen molar-refractivity contribution in [1.82, 2.24) is 5.32 Å². The fourth-order valence-electron chi connectivity index (χ4n) is 2.66. The van der Waals surface area contributed by atoms with Gasteiger partial charge in [0.05, 0.1) is 5.54 Å². The predicted molar refractivity (Wildman–Crippen MR) is 75.8 cm³/mol. The highest BCUT2D eigenvalue weighted by atomic mass is 19.1. The quantitative estimate of drug-likeness (QED) is 0.905. The Labute approximate surface area is 117 Å². The number of amides is 1. The Morgan fingerprint density at radius 2 is 1.65 bits per heavy atom. The molecular weight excluding hydrogens is 253 g/mol. The lowest BCUT2D eigenvalue weighted by molar-refractivity contribution is 0.0823. The third-order valence-corrected chi connectivity index (χ3v) is 3.99. The second-order valence-electron chi connectivity index (χ2n) is 5.26. The van der Waals surface area contributed by atoms with Crippen molar-refractivity contribution in [3.05, 3.63) is 71.5 Å². The van der Waals surface area contributed by atoms with Crippen LogP contribution >= 0.6 is 0 Å². The zero-order valence-electron chi connectivity index (χ0n) is 11.1. The van der Waals surface area contributed by atoms with Gasteiger partial charge in [-0.15, -0.1) is 0 Å². The fourth-order valence-corrected chi connectivity index (χ4v) is 2.66. The van der Waals surface area contributed by atoms with Crippen molar-refractivity contribution in [1.29, 1.82) is 0 Å². The van der Waals surface area contributed by atoms with Crippen LogP contribution in [0, 0.1) is 5.82 Å². The summed E-state index contributed by atoms with van der Waals surface area (Å²) in [6.45, 7) is 0. The van der Waals surface area contributed by atoms with E-state index < -0.39 is 0 Å². The lowest BCUT2D eigenvalue weighted by Gasteiger charge is -2.43. The van der Waals surface area contributed by atoms with Crippen LogP contribution in [0.1, 0.15) is 35.2 Å². The Hall–Kier alpha value is -2.16. The molecule has 2 aromatic rings. The zero-order valence-corrected chi connectivity index (χ0v) is 11.1. The van der Waals surface area contributed by atoms with Gasteiger partial charge in [0.2, 0.25) is 0 Å². The molecule has 1 aliphatic rings. The number of rotatable bonds is 3. The molecule has 3 heteroatoms. The molecule has 1 N–H and O–H groups in total. The molecule has 20 heavy (non-hydrogen) atoms. The standard InChI is InChI=1S/C17H16FNO/c18-15-9-7-14(8-10-15)17(11-4-12-17)19-16(20)13-5-2-1-3-6-13/h1-3,5-10H,4,11-12H2,(H,19,20). The summed E-state index contributed by atoms with van der Waals surface area (Å²) in [4.78, 5) is 12.3. The molecule has 1 aliphatic carbocycles. The molecule has 1 fully saturated rings. The number of hydrogen-bond acceptors (Lipinski definition) is 1. The van der Waals surface area contributed by atoms with Crippen molar-refractivity contribution in [2.75, 3.05) is 0 Å². The van der Waals surface area contributed by atoms with Gasteiger partial charge in [0.25, 0.3) is 5.91 Å². The molecule has 102 valence electrons. The Morgan fingerprint density at radius 3 is 2.20 bits per heavy atom. The van der Waals surface area contributed by atoms with Crippen LogP contribution in [0.25, 0.3) is 0 Å². The second-order valence-corrected chi connectivity index (χ2v) is 5.26. The molecule has 0 aromatic heterocycles. The third-order valence-electron chi connectivity index (χ3n) is 3.99. The molecular formula is C17H16FNO. The van der Waals surface area contributed by atoms with Gasteiger partial charge in [0.15, 0.2) is 0 Å². The van der Waals surface area contributed by atoms with E-state index in [1.54, 1.807) is 24.3 Å². The number of halogens is 1. The average Bonchev–Trinajstić information content (AvgIpc) is 2.45. The van der Waals surface area contributed by atoms with Gasteiger partial charge in [0.1, 0.15) is 5.82 Å². The Balaban J connectivity index is 1.83. The maximum Gasteiger partial charge on any atom is 0.251 e. The van der Waals surface area contributed by atoms with Crippen molar-refractivity contribution in [2.24, 2.45) is 0 Å². The van der Waals surface area contributed by atoms with Crippen LogP contribution < -0.4 is 5.32 Å². The van der Waals surface area contributed by atoms with E-state index in [-0.39, 0.29) is 17.3 Å². The van der Waals surface area contributed by atoms with Crippen LogP contribution in [0.4, 0.5) is 4.39 Å². The fraction of sp³-hybridized carbons (Fsp3) is 0.235. The van der Waals surface area contributed by atoms with E-state index in [2.05, 4.69) is 5.32 Å². The molecule has 0 aliphatic heterocycles. The summed E-state index contributed by atoms with van der Waals surface area (Å²) in [5.41, 5.74) is 1.30. The van der Waals surface area contributed by atoms with E-state index in [1.807, 2.05) is 18.2 Å². The van der Waals surface area contributed by atoms with Gasteiger partial charge < -0.3 is 5.32 Å². The maximum absolute atomic E-state index is 13.0. The van der Waals surface area contributed by atoms with Crippen LogP contribution in [0.3, 0.4) is 0 Å². The van der Waals surface area contributed by atoms with Crippen molar-refractivity contribution >= 4 is 5.91 Å². The Bertz CT molecular complexity index is 603. The zero-order chi connectivity index (χ0) is 14.0. The van der Waals surface area contributed by atoms with Crippen molar-refractivity contribution in [2.45, 2.75) is 24.8 Å². The van der Waals surface area contributed by atoms with Crippen LogP contribution in [-0.4, -0.2) is 5.91 Å². The van der Waals surface area contributed by atoms with Gasteiger partial charge >= 0.3 is 0 Å². The summed E-state index contributed by atoms with van der Waals surface area (Å²) >= 11 is 0. The first-order valence-electron chi connectivity index (χ1n) is 6.83. The van der Waals surface area contributed by atoms with E-state index >= 15 is 0 Å². The minimum Gasteiger partial charge on any atom is -0.343 e. The van der Waals surface area contributed by atoms with E-state index in [4.69, 9.17) is 0 Å². The summed E-state index contributed by atoms with van der Waals surface area (Å²) in [6, 6.07) is 15.6. The number of nitrogens with one attached hydrogen (secondary N) is 1. The van der Waals surface area contributed by atoms with Gasteiger partial charge in [-0.05, 0) is 49.1 Å². The Kier molecular flexibility index (Phi) is 3.26. The maximum atomic E-state index is 13.0. The highest BCUT2D eigenvalue weighted by molar-refractivity contribution is 5.94. The summed E-state index contributed by atoms with van der Waals surface area (Å²) in [6.07, 6.45) is 2.88. The van der Waals surface area contributed by atoms with E-state index in [0.717, 1.165) is 24.8 Å². The molecule has 0 heterocycles. The molecule has 0 bridgehead atoms. The minimum absolute atomic E-state index is 0.0744. The van der Waals surface area contributed by atoms with Crippen LogP contribution in [0.5, 0.6) is 0 Å². The molecule has 0 atom stereocenters. The number of benzene rings is 2. The van der Waals surface area contributed by atoms with Gasteiger partial charge in [-0.3, -0.25) is 4.79 Å². The molecule has 3 rings (SSSR count). The molecule has 1 amide bonds. The Morgan fingerprint density at radius 1 is 1.00 bits per heavy atom. The highest BCUT2D eigenvalue weighted by Gasteiger charge is 2.40. The van der Waals surface area contributed by atoms with E-state index in [0.29, 0.717) is 5.56 Å². The van der Waals surface area contributed by atoms with Crippen molar-refractivity contribution in [3.8, 4) is 0 Å². The van der Waals surface area contributed by atoms with E-state index in [1.165, 1.54) is 12.1 Å². The van der Waals surface area contributed by atoms with Crippen molar-refractivity contribution < 1.29 is 9.18 Å². The monoisotopic (exact) mass is 269 g/mol. The summed E-state index contributed by atoms with van der Waals surface area (Å²) in [5, 5.41) is 3.12. The number of carbonyl (C=O) groups is 1. The first kappa shape index (κ1) is 12.9. The smallest absolute Gasteiger partial charge is 0.251 e. The first-order chi connectivity index (χ1) is 9.70. The van der Waals surface area contributed by atoms with Gasteiger partial charge in [-0.25, -0.2) is 4.39 Å². The third kappa shape index (κ3) is 2.31. The van der Waals surface area contributed by atoms with E-state index in [9.17, 15) is 9.18 Å². The van der Waals surface area contributed by atoms with Crippen LogP contribution in [0.15, 0.2) is 54.6 Å². The summed E-state index contributed by atoms with van der Waals surface area (Å²) < 4.78 is 13.0. The second kappa shape index (κ2) is 5.08. The molecule has 0 spiro atoms. The van der Waals surface area contributed by atoms with Gasteiger partial charge in [-0.1, -0.05) is 30.3 Å². The molecule has 2 aromatic carbocycles. The molecule has 0 radical (unpaired) electrons. The normalized spacial score (nSPS) is 16.2. The van der Waals surface area contributed by atoms with Crippen LogP contribution in [-0.2, 0) is 5.54 Å². The largest absolute Gasteiger partial charge is 0.343 e. The molecule has 1 saturated carbocycles. The lowest BCUT2D eigenvalue weighted by atomic mass is 9.71. The summed E-state index contributed by atoms with van der Waals surface area (Å²) in [7, 11) is 0. The first-order valence-corrected chi connectivity index (χ1v) is 6.83. The van der Waals surface area contributed by atoms with Gasteiger partial charge in [-0.2, -0.15) is 0 Å². The SMILES string of the molecule is O=C(NC1(c2ccc(F)cc2)CCC1)c1ccccc1. The molecule has 0 saturated heterocycles. The van der Waals surface area contributed by atoms with Gasteiger partial charge in [0, 0.05) is 5.56 Å². The summed E-state index contributed by atoms with van der Waals surface area (Å²) in [5.74, 6) is -0.327. The predicted octanol–water partition coefficient (Wildman–Crippen LogP) is 3.63.